The van der Waals surface area contributed by atoms with Gasteiger partial charge in [-0.1, -0.05) is 6.42 Å². The Kier molecular flexibility index (Phi) is 3.80. The first-order valence-corrected chi connectivity index (χ1v) is 7.64. The third-order valence-electron chi connectivity index (χ3n) is 4.99. The van der Waals surface area contributed by atoms with E-state index in [9.17, 15) is 10.1 Å². The maximum atomic E-state index is 11.2. The number of anilines is 1. The van der Waals surface area contributed by atoms with Gasteiger partial charge in [-0.2, -0.15) is 0 Å². The van der Waals surface area contributed by atoms with Crippen LogP contribution in [0, 0.1) is 17.0 Å². The van der Waals surface area contributed by atoms with E-state index in [2.05, 4.69) is 22.2 Å². The van der Waals surface area contributed by atoms with E-state index in [-0.39, 0.29) is 16.7 Å². The number of pyridine rings is 1. The number of nitrogens with one attached hydrogen (secondary N) is 1. The van der Waals surface area contributed by atoms with Gasteiger partial charge < -0.3 is 10.2 Å². The maximum absolute atomic E-state index is 11.2. The molecule has 2 bridgehead atoms. The molecule has 1 aromatic rings. The molecule has 1 aromatic heterocycles. The highest BCUT2D eigenvalue weighted by Crippen LogP contribution is 2.35. The number of piperidine rings is 2. The van der Waals surface area contributed by atoms with Crippen molar-refractivity contribution in [2.75, 3.05) is 12.4 Å². The zero-order valence-electron chi connectivity index (χ0n) is 12.6. The van der Waals surface area contributed by atoms with Crippen LogP contribution < -0.4 is 5.32 Å². The first-order valence-electron chi connectivity index (χ1n) is 7.64. The molecular weight excluding hydrogens is 268 g/mol. The first kappa shape index (κ1) is 14.3. The lowest BCUT2D eigenvalue weighted by Crippen LogP contribution is -2.52. The molecule has 1 N–H and O–H groups in total. The summed E-state index contributed by atoms with van der Waals surface area (Å²) in [7, 11) is 2.21. The van der Waals surface area contributed by atoms with Gasteiger partial charge in [-0.25, -0.2) is 4.98 Å². The third kappa shape index (κ3) is 2.72. The smallest absolute Gasteiger partial charge is 0.314 e. The maximum Gasteiger partial charge on any atom is 0.314 e. The predicted octanol–water partition coefficient (Wildman–Crippen LogP) is 2.73. The van der Waals surface area contributed by atoms with Gasteiger partial charge in [-0.05, 0) is 45.7 Å². The molecule has 6 heteroatoms. The average molecular weight is 290 g/mol. The lowest BCUT2D eigenvalue weighted by molar-refractivity contribution is -0.384. The number of nitrogens with zero attached hydrogens (tertiary/aromatic N) is 3. The number of nitro groups is 1. The molecule has 2 fully saturated rings. The van der Waals surface area contributed by atoms with Crippen molar-refractivity contribution in [2.45, 2.75) is 57.2 Å². The number of fused-ring (bicyclic) bond motifs is 2. The van der Waals surface area contributed by atoms with Gasteiger partial charge in [0.05, 0.1) is 4.92 Å². The van der Waals surface area contributed by atoms with Crippen LogP contribution in [0.4, 0.5) is 11.5 Å². The summed E-state index contributed by atoms with van der Waals surface area (Å²) in [5, 5.41) is 14.6. The van der Waals surface area contributed by atoms with Crippen molar-refractivity contribution in [1.29, 1.82) is 0 Å². The van der Waals surface area contributed by atoms with Crippen molar-refractivity contribution in [3.8, 4) is 0 Å². The van der Waals surface area contributed by atoms with Crippen LogP contribution in [-0.4, -0.2) is 40.0 Å². The van der Waals surface area contributed by atoms with Gasteiger partial charge in [0.2, 0.25) is 5.82 Å². The molecule has 2 unspecified atom stereocenters. The van der Waals surface area contributed by atoms with E-state index in [4.69, 9.17) is 0 Å². The summed E-state index contributed by atoms with van der Waals surface area (Å²) in [4.78, 5) is 17.6. The van der Waals surface area contributed by atoms with Crippen molar-refractivity contribution in [2.24, 2.45) is 0 Å². The minimum Gasteiger partial charge on any atom is -0.361 e. The molecule has 0 aliphatic carbocycles. The van der Waals surface area contributed by atoms with Crippen LogP contribution in [0.2, 0.25) is 0 Å². The molecule has 2 atom stereocenters. The van der Waals surface area contributed by atoms with Gasteiger partial charge in [0.25, 0.3) is 0 Å². The molecule has 2 aliphatic heterocycles. The second kappa shape index (κ2) is 5.60. The van der Waals surface area contributed by atoms with Crippen molar-refractivity contribution < 1.29 is 4.92 Å². The van der Waals surface area contributed by atoms with Crippen LogP contribution in [-0.2, 0) is 0 Å². The Balaban J connectivity index is 1.79. The summed E-state index contributed by atoms with van der Waals surface area (Å²) >= 11 is 0. The van der Waals surface area contributed by atoms with Crippen LogP contribution in [0.15, 0.2) is 12.3 Å². The summed E-state index contributed by atoms with van der Waals surface area (Å²) in [6.07, 6.45) is 7.48. The lowest BCUT2D eigenvalue weighted by Gasteiger charge is -2.47. The molecule has 6 nitrogen and oxygen atoms in total. The van der Waals surface area contributed by atoms with Crippen molar-refractivity contribution in [1.82, 2.24) is 9.88 Å². The Morgan fingerprint density at radius 1 is 1.38 bits per heavy atom. The van der Waals surface area contributed by atoms with E-state index in [0.29, 0.717) is 23.5 Å². The SMILES string of the molecule is Cc1ccnc(NC2CC3CCCC(C2)N3C)c1[N+](=O)[O-]. The summed E-state index contributed by atoms with van der Waals surface area (Å²) in [6.45, 7) is 1.76. The highest BCUT2D eigenvalue weighted by atomic mass is 16.6. The Morgan fingerprint density at radius 2 is 2.05 bits per heavy atom. The minimum absolute atomic E-state index is 0.113. The van der Waals surface area contributed by atoms with Gasteiger partial charge in [0, 0.05) is 29.9 Å². The van der Waals surface area contributed by atoms with E-state index in [0.717, 1.165) is 12.8 Å². The van der Waals surface area contributed by atoms with Gasteiger partial charge in [0.15, 0.2) is 0 Å². The summed E-state index contributed by atoms with van der Waals surface area (Å²) in [6, 6.07) is 3.16. The second-order valence-electron chi connectivity index (χ2n) is 6.30. The molecule has 0 amide bonds. The fourth-order valence-electron chi connectivity index (χ4n) is 3.81. The third-order valence-corrected chi connectivity index (χ3v) is 4.99. The number of aryl methyl sites for hydroxylation is 1. The van der Waals surface area contributed by atoms with E-state index in [1.54, 1.807) is 19.2 Å². The largest absolute Gasteiger partial charge is 0.361 e. The lowest BCUT2D eigenvalue weighted by atomic mass is 9.82. The summed E-state index contributed by atoms with van der Waals surface area (Å²) < 4.78 is 0. The van der Waals surface area contributed by atoms with Crippen molar-refractivity contribution in [3.63, 3.8) is 0 Å². The van der Waals surface area contributed by atoms with E-state index < -0.39 is 0 Å². The molecule has 2 saturated heterocycles. The molecule has 0 spiro atoms. The second-order valence-corrected chi connectivity index (χ2v) is 6.30. The standard InChI is InChI=1S/C15H22N4O2/c1-10-6-7-16-15(14(10)19(20)21)17-11-8-12-4-3-5-13(9-11)18(12)2/h6-7,11-13H,3-5,8-9H2,1-2H3,(H,16,17). The molecule has 0 aromatic carbocycles. The van der Waals surface area contributed by atoms with Gasteiger partial charge in [0.1, 0.15) is 0 Å². The zero-order chi connectivity index (χ0) is 15.0. The summed E-state index contributed by atoms with van der Waals surface area (Å²) in [5.41, 5.74) is 0.771. The summed E-state index contributed by atoms with van der Waals surface area (Å²) in [5.74, 6) is 0.424. The molecule has 2 aliphatic rings. The van der Waals surface area contributed by atoms with Crippen LogP contribution >= 0.6 is 0 Å². The molecule has 3 heterocycles. The van der Waals surface area contributed by atoms with Crippen LogP contribution in [0.1, 0.15) is 37.7 Å². The van der Waals surface area contributed by atoms with E-state index >= 15 is 0 Å². The average Bonchev–Trinajstić information content (AvgIpc) is 2.39. The molecule has 0 saturated carbocycles. The number of hydrogen-bond donors (Lipinski definition) is 1. The molecular formula is C15H22N4O2. The number of rotatable bonds is 3. The Labute approximate surface area is 124 Å². The van der Waals surface area contributed by atoms with Crippen LogP contribution in [0.3, 0.4) is 0 Å². The van der Waals surface area contributed by atoms with Crippen molar-refractivity contribution >= 4 is 11.5 Å². The zero-order valence-corrected chi connectivity index (χ0v) is 12.6. The monoisotopic (exact) mass is 290 g/mol. The van der Waals surface area contributed by atoms with E-state index in [1.165, 1.54) is 19.3 Å². The van der Waals surface area contributed by atoms with Crippen LogP contribution in [0.25, 0.3) is 0 Å². The Morgan fingerprint density at radius 3 is 2.67 bits per heavy atom. The van der Waals surface area contributed by atoms with Gasteiger partial charge in [-0.15, -0.1) is 0 Å². The molecule has 114 valence electrons. The fourth-order valence-corrected chi connectivity index (χ4v) is 3.81. The topological polar surface area (TPSA) is 71.3 Å². The molecule has 3 rings (SSSR count). The predicted molar refractivity (Wildman–Crippen MR) is 81.5 cm³/mol. The minimum atomic E-state index is -0.333. The normalized spacial score (nSPS) is 29.1. The number of aromatic nitrogens is 1. The Hall–Kier alpha value is -1.69. The molecule has 0 radical (unpaired) electrons. The molecule has 21 heavy (non-hydrogen) atoms. The quantitative estimate of drug-likeness (QED) is 0.684. The number of hydrogen-bond acceptors (Lipinski definition) is 5. The Bertz CT molecular complexity index is 534. The van der Waals surface area contributed by atoms with E-state index in [1.807, 2.05) is 0 Å². The highest BCUT2D eigenvalue weighted by molar-refractivity contribution is 5.60. The highest BCUT2D eigenvalue weighted by Gasteiger charge is 2.36. The van der Waals surface area contributed by atoms with Gasteiger partial charge >= 0.3 is 5.69 Å². The van der Waals surface area contributed by atoms with Crippen molar-refractivity contribution in [3.05, 3.63) is 27.9 Å². The van der Waals surface area contributed by atoms with Crippen LogP contribution in [0.5, 0.6) is 0 Å². The first-order chi connectivity index (χ1) is 10.1. The fraction of sp³-hybridized carbons (Fsp3) is 0.667. The van der Waals surface area contributed by atoms with Gasteiger partial charge in [-0.3, -0.25) is 10.1 Å².